The third kappa shape index (κ3) is 5.52. The lowest BCUT2D eigenvalue weighted by Crippen LogP contribution is -2.23. The highest BCUT2D eigenvalue weighted by atomic mass is 16.1. The minimum absolute atomic E-state index is 0.0710. The second-order valence-electron chi connectivity index (χ2n) is 6.12. The van der Waals surface area contributed by atoms with Crippen molar-refractivity contribution in [3.63, 3.8) is 0 Å². The SMILES string of the molecule is N#C/C(=C\c1ccc(/C=C/c2ccccc2)cc1)C(=O)NCc1ccncc1. The van der Waals surface area contributed by atoms with Crippen molar-refractivity contribution in [2.45, 2.75) is 6.54 Å². The number of amides is 1. The molecular weight excluding hydrogens is 346 g/mol. The Kier molecular flexibility index (Phi) is 6.48. The van der Waals surface area contributed by atoms with E-state index in [0.717, 1.165) is 22.3 Å². The summed E-state index contributed by atoms with van der Waals surface area (Å²) in [6.45, 7) is 0.351. The number of nitrogens with one attached hydrogen (secondary N) is 1. The summed E-state index contributed by atoms with van der Waals surface area (Å²) in [4.78, 5) is 16.2. The Morgan fingerprint density at radius 1 is 0.893 bits per heavy atom. The number of nitriles is 1. The highest BCUT2D eigenvalue weighted by Crippen LogP contribution is 2.12. The molecule has 0 aliphatic heterocycles. The van der Waals surface area contributed by atoms with Crippen molar-refractivity contribution in [2.75, 3.05) is 0 Å². The minimum atomic E-state index is -0.396. The number of benzene rings is 2. The predicted octanol–water partition coefficient (Wildman–Crippen LogP) is 4.48. The van der Waals surface area contributed by atoms with E-state index >= 15 is 0 Å². The number of aromatic nitrogens is 1. The van der Waals surface area contributed by atoms with Crippen molar-refractivity contribution in [3.8, 4) is 6.07 Å². The van der Waals surface area contributed by atoms with E-state index in [2.05, 4.69) is 10.3 Å². The summed E-state index contributed by atoms with van der Waals surface area (Å²) in [6.07, 6.45) is 8.98. The van der Waals surface area contributed by atoms with Crippen LogP contribution in [-0.2, 0) is 11.3 Å². The topological polar surface area (TPSA) is 65.8 Å². The molecule has 0 saturated heterocycles. The molecule has 1 heterocycles. The Labute approximate surface area is 164 Å². The van der Waals surface area contributed by atoms with Crippen LogP contribution in [0.15, 0.2) is 84.7 Å². The molecule has 0 aliphatic rings. The summed E-state index contributed by atoms with van der Waals surface area (Å²) >= 11 is 0. The number of nitrogens with zero attached hydrogens (tertiary/aromatic N) is 2. The molecule has 0 radical (unpaired) electrons. The van der Waals surface area contributed by atoms with Gasteiger partial charge in [-0.1, -0.05) is 66.7 Å². The standard InChI is InChI=1S/C24H19N3O/c25-17-23(24(28)27-18-22-12-14-26-15-13-22)16-21-10-8-20(9-11-21)7-6-19-4-2-1-3-5-19/h1-16H,18H2,(H,27,28)/b7-6+,23-16+. The van der Waals surface area contributed by atoms with Crippen molar-refractivity contribution in [3.05, 3.63) is 107 Å². The van der Waals surface area contributed by atoms with E-state index in [0.29, 0.717) is 6.54 Å². The van der Waals surface area contributed by atoms with Crippen LogP contribution in [-0.4, -0.2) is 10.9 Å². The molecule has 0 bridgehead atoms. The van der Waals surface area contributed by atoms with Crippen LogP contribution in [0.4, 0.5) is 0 Å². The molecule has 3 aromatic rings. The van der Waals surface area contributed by atoms with Crippen LogP contribution in [0, 0.1) is 11.3 Å². The zero-order valence-electron chi connectivity index (χ0n) is 15.2. The average molecular weight is 365 g/mol. The van der Waals surface area contributed by atoms with Crippen molar-refractivity contribution >= 4 is 24.1 Å². The largest absolute Gasteiger partial charge is 0.347 e. The molecule has 1 N–H and O–H groups in total. The smallest absolute Gasteiger partial charge is 0.262 e. The molecule has 0 spiro atoms. The molecule has 28 heavy (non-hydrogen) atoms. The van der Waals surface area contributed by atoms with Crippen LogP contribution in [0.5, 0.6) is 0 Å². The lowest BCUT2D eigenvalue weighted by atomic mass is 10.1. The zero-order valence-corrected chi connectivity index (χ0v) is 15.2. The second kappa shape index (κ2) is 9.65. The summed E-state index contributed by atoms with van der Waals surface area (Å²) in [7, 11) is 0. The number of hydrogen-bond donors (Lipinski definition) is 1. The molecule has 4 nitrogen and oxygen atoms in total. The van der Waals surface area contributed by atoms with Crippen LogP contribution < -0.4 is 5.32 Å². The van der Waals surface area contributed by atoms with Crippen LogP contribution in [0.1, 0.15) is 22.3 Å². The molecule has 0 atom stereocenters. The van der Waals surface area contributed by atoms with E-state index in [9.17, 15) is 10.1 Å². The van der Waals surface area contributed by atoms with E-state index in [1.807, 2.05) is 85.0 Å². The first kappa shape index (κ1) is 18.8. The van der Waals surface area contributed by atoms with Crippen molar-refractivity contribution in [2.24, 2.45) is 0 Å². The molecule has 1 amide bonds. The summed E-state index contributed by atoms with van der Waals surface area (Å²) in [5.74, 6) is -0.396. The van der Waals surface area contributed by atoms with Gasteiger partial charge < -0.3 is 5.32 Å². The molecule has 4 heteroatoms. The molecule has 1 aromatic heterocycles. The fraction of sp³-hybridized carbons (Fsp3) is 0.0417. The van der Waals surface area contributed by atoms with Gasteiger partial charge in [-0.15, -0.1) is 0 Å². The van der Waals surface area contributed by atoms with Gasteiger partial charge in [-0.05, 0) is 40.5 Å². The first-order valence-corrected chi connectivity index (χ1v) is 8.87. The van der Waals surface area contributed by atoms with Crippen molar-refractivity contribution < 1.29 is 4.79 Å². The van der Waals surface area contributed by atoms with E-state index in [4.69, 9.17) is 0 Å². The van der Waals surface area contributed by atoms with Gasteiger partial charge in [0, 0.05) is 18.9 Å². The first-order chi connectivity index (χ1) is 13.7. The highest BCUT2D eigenvalue weighted by Gasteiger charge is 2.08. The number of carbonyl (C=O) groups excluding carboxylic acids is 1. The monoisotopic (exact) mass is 365 g/mol. The van der Waals surface area contributed by atoms with Gasteiger partial charge in [0.05, 0.1) is 0 Å². The number of rotatable bonds is 6. The van der Waals surface area contributed by atoms with Gasteiger partial charge >= 0.3 is 0 Å². The second-order valence-corrected chi connectivity index (χ2v) is 6.12. The maximum absolute atomic E-state index is 12.2. The van der Waals surface area contributed by atoms with E-state index in [1.54, 1.807) is 18.5 Å². The Hall–Kier alpha value is -3.97. The zero-order chi connectivity index (χ0) is 19.6. The quantitative estimate of drug-likeness (QED) is 0.398. The highest BCUT2D eigenvalue weighted by molar-refractivity contribution is 6.01. The maximum atomic E-state index is 12.2. The summed E-state index contributed by atoms with van der Waals surface area (Å²) in [6, 6.07) is 23.3. The molecule has 2 aromatic carbocycles. The van der Waals surface area contributed by atoms with E-state index in [1.165, 1.54) is 0 Å². The fourth-order valence-electron chi connectivity index (χ4n) is 2.55. The fourth-order valence-corrected chi connectivity index (χ4v) is 2.55. The Morgan fingerprint density at radius 2 is 1.50 bits per heavy atom. The number of carbonyl (C=O) groups is 1. The normalized spacial score (nSPS) is 11.2. The Morgan fingerprint density at radius 3 is 2.14 bits per heavy atom. The maximum Gasteiger partial charge on any atom is 0.262 e. The van der Waals surface area contributed by atoms with Crippen LogP contribution in [0.3, 0.4) is 0 Å². The van der Waals surface area contributed by atoms with Gasteiger partial charge in [0.15, 0.2) is 0 Å². The minimum Gasteiger partial charge on any atom is -0.347 e. The lowest BCUT2D eigenvalue weighted by Gasteiger charge is -2.04. The molecule has 0 fully saturated rings. The Bertz CT molecular complexity index is 1010. The van der Waals surface area contributed by atoms with Gasteiger partial charge in [-0.25, -0.2) is 0 Å². The van der Waals surface area contributed by atoms with Gasteiger partial charge in [-0.3, -0.25) is 9.78 Å². The summed E-state index contributed by atoms with van der Waals surface area (Å²) in [5.41, 5.74) is 3.97. The van der Waals surface area contributed by atoms with Crippen LogP contribution in [0.2, 0.25) is 0 Å². The third-order valence-corrected chi connectivity index (χ3v) is 4.08. The Balaban J connectivity index is 1.64. The van der Waals surface area contributed by atoms with Gasteiger partial charge in [0.25, 0.3) is 5.91 Å². The van der Waals surface area contributed by atoms with Gasteiger partial charge in [-0.2, -0.15) is 5.26 Å². The summed E-state index contributed by atoms with van der Waals surface area (Å²) in [5, 5.41) is 12.1. The average Bonchev–Trinajstić information content (AvgIpc) is 2.76. The molecule has 136 valence electrons. The lowest BCUT2D eigenvalue weighted by molar-refractivity contribution is -0.117. The third-order valence-electron chi connectivity index (χ3n) is 4.08. The molecular formula is C24H19N3O. The molecule has 0 saturated carbocycles. The van der Waals surface area contributed by atoms with Gasteiger partial charge in [0.1, 0.15) is 11.6 Å². The molecule has 3 rings (SSSR count). The van der Waals surface area contributed by atoms with Crippen molar-refractivity contribution in [1.29, 1.82) is 5.26 Å². The first-order valence-electron chi connectivity index (χ1n) is 8.87. The predicted molar refractivity (Wildman–Crippen MR) is 111 cm³/mol. The van der Waals surface area contributed by atoms with E-state index in [-0.39, 0.29) is 5.57 Å². The van der Waals surface area contributed by atoms with Crippen molar-refractivity contribution in [1.82, 2.24) is 10.3 Å². The molecule has 0 unspecified atom stereocenters. The summed E-state index contributed by atoms with van der Waals surface area (Å²) < 4.78 is 0. The number of hydrogen-bond acceptors (Lipinski definition) is 3. The van der Waals surface area contributed by atoms with Crippen LogP contribution >= 0.6 is 0 Å². The van der Waals surface area contributed by atoms with Gasteiger partial charge in [0.2, 0.25) is 0 Å². The van der Waals surface area contributed by atoms with Crippen LogP contribution in [0.25, 0.3) is 18.2 Å². The van der Waals surface area contributed by atoms with E-state index < -0.39 is 5.91 Å². The number of pyridine rings is 1. The molecule has 0 aliphatic carbocycles.